The van der Waals surface area contributed by atoms with Gasteiger partial charge in [0.25, 0.3) is 0 Å². The number of anilines is 1. The number of esters is 1. The molecule has 2 aromatic carbocycles. The van der Waals surface area contributed by atoms with Crippen molar-refractivity contribution in [2.24, 2.45) is 0 Å². The number of rotatable bonds is 9. The largest absolute Gasteiger partial charge is 0.464 e. The predicted molar refractivity (Wildman–Crippen MR) is 116 cm³/mol. The molecule has 0 heterocycles. The molecule has 0 spiro atoms. The van der Waals surface area contributed by atoms with E-state index in [1.54, 1.807) is 25.1 Å². The van der Waals surface area contributed by atoms with Crippen LogP contribution in [0.15, 0.2) is 53.4 Å². The van der Waals surface area contributed by atoms with E-state index < -0.39 is 28.2 Å². The zero-order valence-electron chi connectivity index (χ0n) is 18.0. The number of nitrogens with zero attached hydrogens (tertiary/aromatic N) is 1. The van der Waals surface area contributed by atoms with Gasteiger partial charge < -0.3 is 13.7 Å². The zero-order valence-corrected chi connectivity index (χ0v) is 18.8. The van der Waals surface area contributed by atoms with Crippen molar-refractivity contribution in [3.8, 4) is 5.75 Å². The second kappa shape index (κ2) is 10.8. The number of carbonyl (C=O) groups is 2. The van der Waals surface area contributed by atoms with Crippen LogP contribution in [0.4, 0.5) is 10.5 Å². The number of methoxy groups -OCH3 is 1. The molecule has 9 heteroatoms. The molecule has 1 amide bonds. The highest BCUT2D eigenvalue weighted by molar-refractivity contribution is 7.87. The fourth-order valence-corrected chi connectivity index (χ4v) is 3.86. The molecule has 0 aromatic heterocycles. The molecule has 8 nitrogen and oxygen atoms in total. The number of hydrogen-bond donors (Lipinski definition) is 0. The lowest BCUT2D eigenvalue weighted by Gasteiger charge is -2.29. The summed E-state index contributed by atoms with van der Waals surface area (Å²) in [6, 6.07) is 11.2. The molecule has 1 atom stereocenters. The van der Waals surface area contributed by atoms with Crippen LogP contribution in [0.1, 0.15) is 32.3 Å². The summed E-state index contributed by atoms with van der Waals surface area (Å²) in [5.74, 6) is -0.584. The molecule has 2 rings (SSSR count). The highest BCUT2D eigenvalue weighted by Crippen LogP contribution is 2.28. The second-order valence-corrected chi connectivity index (χ2v) is 8.29. The van der Waals surface area contributed by atoms with Gasteiger partial charge in [-0.3, -0.25) is 4.90 Å². The van der Waals surface area contributed by atoms with Gasteiger partial charge in [-0.1, -0.05) is 37.1 Å². The first-order valence-corrected chi connectivity index (χ1v) is 11.3. The Morgan fingerprint density at radius 2 is 1.74 bits per heavy atom. The number of amides is 1. The summed E-state index contributed by atoms with van der Waals surface area (Å²) in [6.07, 6.45) is 0.167. The lowest BCUT2D eigenvalue weighted by Crippen LogP contribution is -2.46. The van der Waals surface area contributed by atoms with Gasteiger partial charge in [0, 0.05) is 6.07 Å². The van der Waals surface area contributed by atoms with E-state index in [4.69, 9.17) is 13.7 Å². The molecule has 0 radical (unpaired) electrons. The Morgan fingerprint density at radius 3 is 2.32 bits per heavy atom. The number of carbonyl (C=O) groups excluding carboxylic acids is 2. The summed E-state index contributed by atoms with van der Waals surface area (Å²) in [5, 5.41) is 0. The third-order valence-corrected chi connectivity index (χ3v) is 5.68. The van der Waals surface area contributed by atoms with Crippen LogP contribution in [-0.4, -0.2) is 40.2 Å². The minimum absolute atomic E-state index is 0.00344. The highest BCUT2D eigenvalue weighted by Gasteiger charge is 2.33. The Balaban J connectivity index is 2.41. The third-order valence-electron chi connectivity index (χ3n) is 4.42. The zero-order chi connectivity index (χ0) is 23.0. The molecule has 0 fully saturated rings. The molecule has 0 aliphatic carbocycles. The lowest BCUT2D eigenvalue weighted by atomic mass is 10.1. The van der Waals surface area contributed by atoms with Gasteiger partial charge in [-0.05, 0) is 44.5 Å². The van der Waals surface area contributed by atoms with Crippen LogP contribution in [-0.2, 0) is 24.4 Å². The predicted octanol–water partition coefficient (Wildman–Crippen LogP) is 4.07. The molecule has 0 saturated heterocycles. The van der Waals surface area contributed by atoms with Gasteiger partial charge in [0.15, 0.2) is 0 Å². The van der Waals surface area contributed by atoms with Crippen LogP contribution in [0.5, 0.6) is 5.75 Å². The lowest BCUT2D eigenvalue weighted by molar-refractivity contribution is -0.144. The molecule has 0 N–H and O–H groups in total. The molecular weight excluding hydrogens is 422 g/mol. The van der Waals surface area contributed by atoms with Gasteiger partial charge in [0.1, 0.15) is 16.7 Å². The average Bonchev–Trinajstić information content (AvgIpc) is 2.73. The number of hydrogen-bond acceptors (Lipinski definition) is 7. The van der Waals surface area contributed by atoms with E-state index in [2.05, 4.69) is 0 Å². The van der Waals surface area contributed by atoms with Crippen molar-refractivity contribution < 1.29 is 31.7 Å². The van der Waals surface area contributed by atoms with Gasteiger partial charge in [-0.15, -0.1) is 0 Å². The summed E-state index contributed by atoms with van der Waals surface area (Å²) in [4.78, 5) is 26.2. The molecule has 31 heavy (non-hydrogen) atoms. The summed E-state index contributed by atoms with van der Waals surface area (Å²) < 4.78 is 40.5. The molecule has 0 aliphatic rings. The Kier molecular flexibility index (Phi) is 8.44. The van der Waals surface area contributed by atoms with E-state index >= 15 is 0 Å². The quantitative estimate of drug-likeness (QED) is 0.420. The van der Waals surface area contributed by atoms with Gasteiger partial charge in [-0.2, -0.15) is 8.42 Å². The van der Waals surface area contributed by atoms with Gasteiger partial charge >= 0.3 is 22.2 Å². The minimum atomic E-state index is -4.08. The van der Waals surface area contributed by atoms with Crippen molar-refractivity contribution in [3.63, 3.8) is 0 Å². The SMILES string of the molecule is CCCC(C(=O)OCC)N(C(=O)OC)c1cccc(OS(=O)(=O)c2ccc(C)cc2)c1. The minimum Gasteiger partial charge on any atom is -0.464 e. The molecule has 2 aromatic rings. The molecule has 0 aliphatic heterocycles. The van der Waals surface area contributed by atoms with Crippen LogP contribution in [0.3, 0.4) is 0 Å². The van der Waals surface area contributed by atoms with E-state index in [9.17, 15) is 18.0 Å². The Labute approximate surface area is 182 Å². The van der Waals surface area contributed by atoms with E-state index in [0.29, 0.717) is 12.8 Å². The average molecular weight is 450 g/mol. The summed E-state index contributed by atoms with van der Waals surface area (Å²) in [6.45, 7) is 5.55. The number of ether oxygens (including phenoxy) is 2. The molecule has 1 unspecified atom stereocenters. The van der Waals surface area contributed by atoms with Gasteiger partial charge in [0.05, 0.1) is 19.4 Å². The Bertz CT molecular complexity index is 1000. The van der Waals surface area contributed by atoms with Crippen molar-refractivity contribution in [3.05, 3.63) is 54.1 Å². The Hall–Kier alpha value is -3.07. The van der Waals surface area contributed by atoms with Crippen molar-refractivity contribution in [1.82, 2.24) is 0 Å². The van der Waals surface area contributed by atoms with Crippen LogP contribution < -0.4 is 9.08 Å². The van der Waals surface area contributed by atoms with Crippen LogP contribution >= 0.6 is 0 Å². The number of aryl methyl sites for hydroxylation is 1. The van der Waals surface area contributed by atoms with Crippen molar-refractivity contribution in [1.29, 1.82) is 0 Å². The van der Waals surface area contributed by atoms with Crippen molar-refractivity contribution in [2.75, 3.05) is 18.6 Å². The maximum atomic E-state index is 12.6. The second-order valence-electron chi connectivity index (χ2n) is 6.74. The van der Waals surface area contributed by atoms with E-state index in [1.807, 2.05) is 13.8 Å². The maximum Gasteiger partial charge on any atom is 0.414 e. The highest BCUT2D eigenvalue weighted by atomic mass is 32.2. The first kappa shape index (κ1) is 24.2. The van der Waals surface area contributed by atoms with Crippen LogP contribution in [0.25, 0.3) is 0 Å². The fourth-order valence-electron chi connectivity index (χ4n) is 2.94. The standard InChI is InChI=1S/C22H27NO7S/c1-5-8-20(21(24)29-6-2)23(22(25)28-4)17-9-7-10-18(15-17)30-31(26,27)19-13-11-16(3)12-14-19/h7,9-15,20H,5-6,8H2,1-4H3. The van der Waals surface area contributed by atoms with Gasteiger partial charge in [0.2, 0.25) is 0 Å². The molecule has 168 valence electrons. The number of benzene rings is 2. The fraction of sp³-hybridized carbons (Fsp3) is 0.364. The van der Waals surface area contributed by atoms with Crippen LogP contribution in [0.2, 0.25) is 0 Å². The summed E-state index contributed by atoms with van der Waals surface area (Å²) in [5.41, 5.74) is 1.16. The third kappa shape index (κ3) is 6.21. The summed E-state index contributed by atoms with van der Waals surface area (Å²) >= 11 is 0. The Morgan fingerprint density at radius 1 is 1.06 bits per heavy atom. The molecule has 0 bridgehead atoms. The van der Waals surface area contributed by atoms with Crippen LogP contribution in [0, 0.1) is 6.92 Å². The van der Waals surface area contributed by atoms with Crippen molar-refractivity contribution in [2.45, 2.75) is 44.6 Å². The van der Waals surface area contributed by atoms with E-state index in [-0.39, 0.29) is 22.9 Å². The van der Waals surface area contributed by atoms with Crippen molar-refractivity contribution >= 4 is 27.9 Å². The molecular formula is C22H27NO7S. The molecule has 0 saturated carbocycles. The topological polar surface area (TPSA) is 99.2 Å². The smallest absolute Gasteiger partial charge is 0.414 e. The van der Waals surface area contributed by atoms with E-state index in [1.165, 1.54) is 37.4 Å². The first-order valence-electron chi connectivity index (χ1n) is 9.88. The van der Waals surface area contributed by atoms with Gasteiger partial charge in [-0.25, -0.2) is 9.59 Å². The maximum absolute atomic E-state index is 12.6. The monoisotopic (exact) mass is 449 g/mol. The van der Waals surface area contributed by atoms with E-state index in [0.717, 1.165) is 10.5 Å². The summed E-state index contributed by atoms with van der Waals surface area (Å²) in [7, 11) is -2.88. The normalized spacial score (nSPS) is 12.0. The first-order chi connectivity index (χ1) is 14.7.